The van der Waals surface area contributed by atoms with Crippen molar-refractivity contribution in [3.8, 4) is 0 Å². The zero-order valence-electron chi connectivity index (χ0n) is 16.0. The number of nitrogens with one attached hydrogen (secondary N) is 1. The topological polar surface area (TPSA) is 35.6 Å². The summed E-state index contributed by atoms with van der Waals surface area (Å²) in [5, 5.41) is 3.14. The van der Waals surface area contributed by atoms with Crippen LogP contribution in [0.3, 0.4) is 0 Å². The lowest BCUT2D eigenvalue weighted by molar-refractivity contribution is -0.123. The largest absolute Gasteiger partial charge is 0.369 e. The molecule has 0 aromatic heterocycles. The number of piperazine rings is 1. The van der Waals surface area contributed by atoms with Crippen molar-refractivity contribution in [1.82, 2.24) is 10.2 Å². The van der Waals surface area contributed by atoms with Gasteiger partial charge in [-0.05, 0) is 49.6 Å². The van der Waals surface area contributed by atoms with Crippen LogP contribution >= 0.6 is 0 Å². The van der Waals surface area contributed by atoms with E-state index in [-0.39, 0.29) is 11.9 Å². The molecule has 0 spiro atoms. The van der Waals surface area contributed by atoms with Crippen LogP contribution in [0.1, 0.15) is 29.7 Å². The summed E-state index contributed by atoms with van der Waals surface area (Å²) in [6, 6.07) is 16.9. The molecule has 1 saturated heterocycles. The van der Waals surface area contributed by atoms with E-state index in [4.69, 9.17) is 0 Å². The third kappa shape index (κ3) is 4.64. The first-order chi connectivity index (χ1) is 12.5. The van der Waals surface area contributed by atoms with Crippen molar-refractivity contribution in [3.05, 3.63) is 65.2 Å². The van der Waals surface area contributed by atoms with E-state index in [0.717, 1.165) is 31.7 Å². The average Bonchev–Trinajstić information content (AvgIpc) is 2.65. The fourth-order valence-corrected chi connectivity index (χ4v) is 3.41. The van der Waals surface area contributed by atoms with Crippen molar-refractivity contribution in [2.24, 2.45) is 0 Å². The fraction of sp³-hybridized carbons (Fsp3) is 0.409. The van der Waals surface area contributed by atoms with Crippen molar-refractivity contribution in [3.63, 3.8) is 0 Å². The Kier molecular flexibility index (Phi) is 5.94. The molecule has 1 aliphatic heterocycles. The highest BCUT2D eigenvalue weighted by atomic mass is 16.2. The molecule has 2 aromatic carbocycles. The van der Waals surface area contributed by atoms with Crippen molar-refractivity contribution < 1.29 is 4.79 Å². The zero-order valence-corrected chi connectivity index (χ0v) is 16.0. The Morgan fingerprint density at radius 2 is 1.69 bits per heavy atom. The number of aryl methyl sites for hydroxylation is 2. The lowest BCUT2D eigenvalue weighted by Gasteiger charge is -2.35. The average molecular weight is 351 g/mol. The molecule has 4 heteroatoms. The van der Waals surface area contributed by atoms with E-state index < -0.39 is 0 Å². The van der Waals surface area contributed by atoms with Crippen LogP contribution in [0, 0.1) is 13.8 Å². The van der Waals surface area contributed by atoms with Crippen LogP contribution < -0.4 is 10.2 Å². The van der Waals surface area contributed by atoms with Gasteiger partial charge in [-0.1, -0.05) is 36.4 Å². The Morgan fingerprint density at radius 1 is 1.00 bits per heavy atom. The van der Waals surface area contributed by atoms with Crippen LogP contribution in [0.4, 0.5) is 5.69 Å². The van der Waals surface area contributed by atoms with Gasteiger partial charge in [0.05, 0.1) is 12.6 Å². The maximum absolute atomic E-state index is 12.4. The van der Waals surface area contributed by atoms with Gasteiger partial charge in [-0.2, -0.15) is 0 Å². The Bertz CT molecular complexity index is 736. The normalized spacial score (nSPS) is 16.3. The minimum Gasteiger partial charge on any atom is -0.369 e. The first kappa shape index (κ1) is 18.5. The molecule has 0 radical (unpaired) electrons. The van der Waals surface area contributed by atoms with Gasteiger partial charge in [-0.25, -0.2) is 0 Å². The highest BCUT2D eigenvalue weighted by Crippen LogP contribution is 2.17. The summed E-state index contributed by atoms with van der Waals surface area (Å²) in [6.07, 6.45) is 0. The summed E-state index contributed by atoms with van der Waals surface area (Å²) in [4.78, 5) is 17.1. The number of carbonyl (C=O) groups is 1. The summed E-state index contributed by atoms with van der Waals surface area (Å²) in [5.41, 5.74) is 4.97. The third-order valence-corrected chi connectivity index (χ3v) is 5.27. The minimum atomic E-state index is 0.0346. The second-order valence-electron chi connectivity index (χ2n) is 7.23. The van der Waals surface area contributed by atoms with Gasteiger partial charge in [0, 0.05) is 31.9 Å². The van der Waals surface area contributed by atoms with Gasteiger partial charge < -0.3 is 10.2 Å². The van der Waals surface area contributed by atoms with Crippen molar-refractivity contribution in [2.45, 2.75) is 26.8 Å². The van der Waals surface area contributed by atoms with Crippen LogP contribution in [0.5, 0.6) is 0 Å². The molecule has 138 valence electrons. The molecule has 1 amide bonds. The molecule has 0 bridgehead atoms. The molecule has 26 heavy (non-hydrogen) atoms. The molecule has 3 rings (SSSR count). The van der Waals surface area contributed by atoms with Gasteiger partial charge in [-0.3, -0.25) is 9.69 Å². The fourth-order valence-electron chi connectivity index (χ4n) is 3.41. The highest BCUT2D eigenvalue weighted by Gasteiger charge is 2.20. The monoisotopic (exact) mass is 351 g/mol. The van der Waals surface area contributed by atoms with E-state index in [0.29, 0.717) is 6.54 Å². The molecule has 1 atom stereocenters. The first-order valence-corrected chi connectivity index (χ1v) is 9.42. The van der Waals surface area contributed by atoms with E-state index in [1.54, 1.807) is 0 Å². The summed E-state index contributed by atoms with van der Waals surface area (Å²) in [5.74, 6) is 0.101. The number of benzene rings is 2. The van der Waals surface area contributed by atoms with Gasteiger partial charge in [-0.15, -0.1) is 0 Å². The Hall–Kier alpha value is -2.33. The predicted molar refractivity (Wildman–Crippen MR) is 108 cm³/mol. The molecular weight excluding hydrogens is 322 g/mol. The van der Waals surface area contributed by atoms with Gasteiger partial charge in [0.15, 0.2) is 0 Å². The number of nitrogens with zero attached hydrogens (tertiary/aromatic N) is 2. The number of para-hydroxylation sites is 1. The van der Waals surface area contributed by atoms with Crippen LogP contribution in [0.25, 0.3) is 0 Å². The second-order valence-corrected chi connectivity index (χ2v) is 7.23. The highest BCUT2D eigenvalue weighted by molar-refractivity contribution is 5.78. The van der Waals surface area contributed by atoms with Crippen LogP contribution in [-0.4, -0.2) is 43.5 Å². The third-order valence-electron chi connectivity index (χ3n) is 5.27. The molecule has 0 aliphatic carbocycles. The molecule has 1 aliphatic rings. The lowest BCUT2D eigenvalue weighted by Crippen LogP contribution is -2.49. The lowest BCUT2D eigenvalue weighted by atomic mass is 10.0. The summed E-state index contributed by atoms with van der Waals surface area (Å²) in [6.45, 7) is 10.5. The predicted octanol–water partition coefficient (Wildman–Crippen LogP) is 3.30. The Labute approximate surface area is 156 Å². The first-order valence-electron chi connectivity index (χ1n) is 9.42. The molecule has 1 fully saturated rings. The van der Waals surface area contributed by atoms with Gasteiger partial charge in [0.1, 0.15) is 0 Å². The zero-order chi connectivity index (χ0) is 18.5. The molecule has 0 saturated carbocycles. The quantitative estimate of drug-likeness (QED) is 0.898. The summed E-state index contributed by atoms with van der Waals surface area (Å²) >= 11 is 0. The van der Waals surface area contributed by atoms with E-state index in [9.17, 15) is 4.79 Å². The number of hydrogen-bond acceptors (Lipinski definition) is 3. The van der Waals surface area contributed by atoms with Crippen LogP contribution in [0.2, 0.25) is 0 Å². The Morgan fingerprint density at radius 3 is 2.35 bits per heavy atom. The second kappa shape index (κ2) is 8.37. The number of anilines is 1. The van der Waals surface area contributed by atoms with Crippen molar-refractivity contribution in [1.29, 1.82) is 0 Å². The molecule has 1 N–H and O–H groups in total. The molecule has 1 heterocycles. The van der Waals surface area contributed by atoms with Crippen LogP contribution in [0.15, 0.2) is 48.5 Å². The standard InChI is InChI=1S/C22H29N3O/c1-17-9-10-20(15-18(17)2)19(3)23-22(26)16-24-11-13-25(14-12-24)21-7-5-4-6-8-21/h4-10,15,19H,11-14,16H2,1-3H3,(H,23,26)/t19-/m1/s1. The number of amides is 1. The number of carbonyl (C=O) groups excluding carboxylic acids is 1. The van der Waals surface area contributed by atoms with Gasteiger partial charge in [0.2, 0.25) is 5.91 Å². The van der Waals surface area contributed by atoms with E-state index >= 15 is 0 Å². The molecule has 2 aromatic rings. The van der Waals surface area contributed by atoms with E-state index in [1.807, 2.05) is 6.07 Å². The van der Waals surface area contributed by atoms with Crippen LogP contribution in [-0.2, 0) is 4.79 Å². The maximum atomic E-state index is 12.4. The van der Waals surface area contributed by atoms with E-state index in [1.165, 1.54) is 16.8 Å². The van der Waals surface area contributed by atoms with Crippen molar-refractivity contribution >= 4 is 11.6 Å². The van der Waals surface area contributed by atoms with E-state index in [2.05, 4.69) is 78.4 Å². The smallest absolute Gasteiger partial charge is 0.234 e. The maximum Gasteiger partial charge on any atom is 0.234 e. The molecular formula is C22H29N3O. The minimum absolute atomic E-state index is 0.0346. The Balaban J connectivity index is 1.47. The summed E-state index contributed by atoms with van der Waals surface area (Å²) < 4.78 is 0. The number of rotatable bonds is 5. The summed E-state index contributed by atoms with van der Waals surface area (Å²) in [7, 11) is 0. The van der Waals surface area contributed by atoms with Crippen molar-refractivity contribution in [2.75, 3.05) is 37.6 Å². The SMILES string of the molecule is Cc1ccc([C@@H](C)NC(=O)CN2CCN(c3ccccc3)CC2)cc1C. The van der Waals surface area contributed by atoms with Gasteiger partial charge in [0.25, 0.3) is 0 Å². The molecule has 0 unspecified atom stereocenters. The molecule has 4 nitrogen and oxygen atoms in total. The van der Waals surface area contributed by atoms with Gasteiger partial charge >= 0.3 is 0 Å². The number of hydrogen-bond donors (Lipinski definition) is 1.